The molecule has 8 heteroatoms. The summed E-state index contributed by atoms with van der Waals surface area (Å²) in [5.41, 5.74) is 2.15. The second-order valence-electron chi connectivity index (χ2n) is 5.91. The molecule has 1 aliphatic rings. The van der Waals surface area contributed by atoms with Crippen molar-refractivity contribution in [3.63, 3.8) is 0 Å². The Bertz CT molecular complexity index is 859. The number of rotatable bonds is 3. The number of amides is 1. The number of carbonyl (C=O) groups is 1. The van der Waals surface area contributed by atoms with Crippen molar-refractivity contribution >= 4 is 5.91 Å². The Hall–Kier alpha value is -3.00. The quantitative estimate of drug-likeness (QED) is 0.757. The number of hydrogen-bond donors (Lipinski definition) is 2. The van der Waals surface area contributed by atoms with E-state index in [-0.39, 0.29) is 12.0 Å². The van der Waals surface area contributed by atoms with Crippen LogP contribution in [0.5, 0.6) is 0 Å². The van der Waals surface area contributed by atoms with E-state index < -0.39 is 0 Å². The van der Waals surface area contributed by atoms with Gasteiger partial charge in [0.15, 0.2) is 5.82 Å². The third-order valence-corrected chi connectivity index (χ3v) is 4.23. The highest BCUT2D eigenvalue weighted by molar-refractivity contribution is 5.94. The molecule has 2 N–H and O–H groups in total. The Balaban J connectivity index is 1.55. The number of ether oxygens (including phenoxy) is 1. The van der Waals surface area contributed by atoms with E-state index in [0.717, 1.165) is 11.3 Å². The number of imidazole rings is 1. The molecule has 1 unspecified atom stereocenters. The standard InChI is InChI=1S/C17H18N6O2/c1-11-14(21-15(20-11)12-5-3-2-4-6-12)17(24)23-7-8-25-13(9-23)16-18-10-19-22-16/h2-6,10,13H,7-9H2,1H3,(H,20,21)(H,18,19,22). The minimum atomic E-state index is -0.298. The molecular weight excluding hydrogens is 320 g/mol. The number of aromatic nitrogens is 5. The van der Waals surface area contributed by atoms with Crippen LogP contribution in [0.3, 0.4) is 0 Å². The van der Waals surface area contributed by atoms with Gasteiger partial charge in [0.2, 0.25) is 0 Å². The first-order valence-electron chi connectivity index (χ1n) is 8.10. The molecule has 0 bridgehead atoms. The first-order chi connectivity index (χ1) is 12.2. The number of nitrogens with zero attached hydrogens (tertiary/aromatic N) is 4. The third kappa shape index (κ3) is 3.03. The fraction of sp³-hybridized carbons (Fsp3) is 0.294. The van der Waals surface area contributed by atoms with E-state index >= 15 is 0 Å². The molecule has 1 amide bonds. The highest BCUT2D eigenvalue weighted by Gasteiger charge is 2.29. The molecular formula is C17H18N6O2. The SMILES string of the molecule is Cc1[nH]c(-c2ccccc2)nc1C(=O)N1CCOC(c2ncn[nH]2)C1. The lowest BCUT2D eigenvalue weighted by Gasteiger charge is -2.31. The Morgan fingerprint density at radius 1 is 1.32 bits per heavy atom. The molecule has 1 fully saturated rings. The van der Waals surface area contributed by atoms with Gasteiger partial charge in [-0.2, -0.15) is 5.10 Å². The molecule has 0 radical (unpaired) electrons. The second kappa shape index (κ2) is 6.48. The molecule has 3 aromatic rings. The van der Waals surface area contributed by atoms with E-state index in [1.807, 2.05) is 37.3 Å². The lowest BCUT2D eigenvalue weighted by atomic mass is 10.2. The number of aromatic amines is 2. The maximum absolute atomic E-state index is 12.9. The maximum atomic E-state index is 12.9. The van der Waals surface area contributed by atoms with Gasteiger partial charge in [-0.3, -0.25) is 9.89 Å². The van der Waals surface area contributed by atoms with Crippen LogP contribution in [0.4, 0.5) is 0 Å². The number of morpholine rings is 1. The number of hydrogen-bond acceptors (Lipinski definition) is 5. The van der Waals surface area contributed by atoms with Gasteiger partial charge in [-0.25, -0.2) is 9.97 Å². The van der Waals surface area contributed by atoms with E-state index in [2.05, 4.69) is 25.1 Å². The molecule has 1 atom stereocenters. The van der Waals surface area contributed by atoms with Gasteiger partial charge in [-0.05, 0) is 6.92 Å². The van der Waals surface area contributed by atoms with Gasteiger partial charge < -0.3 is 14.6 Å². The first kappa shape index (κ1) is 15.5. The summed E-state index contributed by atoms with van der Waals surface area (Å²) >= 11 is 0. The van der Waals surface area contributed by atoms with Crippen molar-refractivity contribution in [3.8, 4) is 11.4 Å². The predicted octanol–water partition coefficient (Wildman–Crippen LogP) is 1.72. The van der Waals surface area contributed by atoms with Crippen LogP contribution in [0.2, 0.25) is 0 Å². The van der Waals surface area contributed by atoms with Gasteiger partial charge in [-0.1, -0.05) is 30.3 Å². The van der Waals surface area contributed by atoms with Crippen LogP contribution in [0.1, 0.15) is 28.1 Å². The van der Waals surface area contributed by atoms with E-state index in [1.54, 1.807) is 4.90 Å². The highest BCUT2D eigenvalue weighted by Crippen LogP contribution is 2.22. The van der Waals surface area contributed by atoms with Crippen molar-refractivity contribution < 1.29 is 9.53 Å². The van der Waals surface area contributed by atoms with Crippen LogP contribution in [0.25, 0.3) is 11.4 Å². The molecule has 0 aliphatic carbocycles. The Kier molecular flexibility index (Phi) is 4.02. The minimum Gasteiger partial charge on any atom is -0.367 e. The molecule has 0 saturated carbocycles. The summed E-state index contributed by atoms with van der Waals surface area (Å²) in [5, 5.41) is 6.64. The fourth-order valence-corrected chi connectivity index (χ4v) is 2.92. The average molecular weight is 338 g/mol. The zero-order chi connectivity index (χ0) is 17.2. The molecule has 25 heavy (non-hydrogen) atoms. The summed E-state index contributed by atoms with van der Waals surface area (Å²) < 4.78 is 5.69. The van der Waals surface area contributed by atoms with Crippen LogP contribution in [-0.4, -0.2) is 55.7 Å². The largest absolute Gasteiger partial charge is 0.367 e. The number of aryl methyl sites for hydroxylation is 1. The predicted molar refractivity (Wildman–Crippen MR) is 89.7 cm³/mol. The summed E-state index contributed by atoms with van der Waals surface area (Å²) in [6.45, 7) is 3.25. The molecule has 2 aromatic heterocycles. The summed E-state index contributed by atoms with van der Waals surface area (Å²) in [6, 6.07) is 9.75. The fourth-order valence-electron chi connectivity index (χ4n) is 2.92. The van der Waals surface area contributed by atoms with Crippen molar-refractivity contribution in [3.05, 3.63) is 53.9 Å². The van der Waals surface area contributed by atoms with Gasteiger partial charge >= 0.3 is 0 Å². The zero-order valence-corrected chi connectivity index (χ0v) is 13.8. The second-order valence-corrected chi connectivity index (χ2v) is 5.91. The summed E-state index contributed by atoms with van der Waals surface area (Å²) in [7, 11) is 0. The van der Waals surface area contributed by atoms with Crippen molar-refractivity contribution in [2.75, 3.05) is 19.7 Å². The van der Waals surface area contributed by atoms with E-state index in [9.17, 15) is 4.79 Å². The lowest BCUT2D eigenvalue weighted by Crippen LogP contribution is -2.42. The molecule has 128 valence electrons. The molecule has 8 nitrogen and oxygen atoms in total. The van der Waals surface area contributed by atoms with Gasteiger partial charge in [0.05, 0.1) is 13.2 Å². The topological polar surface area (TPSA) is 99.8 Å². The normalized spacial score (nSPS) is 17.6. The Morgan fingerprint density at radius 3 is 2.92 bits per heavy atom. The first-order valence-corrected chi connectivity index (χ1v) is 8.10. The molecule has 1 aliphatic heterocycles. The average Bonchev–Trinajstić information content (AvgIpc) is 3.32. The monoisotopic (exact) mass is 338 g/mol. The van der Waals surface area contributed by atoms with Crippen LogP contribution < -0.4 is 0 Å². The highest BCUT2D eigenvalue weighted by atomic mass is 16.5. The Labute approximate surface area is 144 Å². The van der Waals surface area contributed by atoms with Crippen molar-refractivity contribution in [1.29, 1.82) is 0 Å². The smallest absolute Gasteiger partial charge is 0.274 e. The molecule has 4 rings (SSSR count). The van der Waals surface area contributed by atoms with Gasteiger partial charge in [-0.15, -0.1) is 0 Å². The third-order valence-electron chi connectivity index (χ3n) is 4.23. The van der Waals surface area contributed by atoms with Gasteiger partial charge in [0.25, 0.3) is 5.91 Å². The zero-order valence-electron chi connectivity index (χ0n) is 13.8. The molecule has 0 spiro atoms. The van der Waals surface area contributed by atoms with E-state index in [1.165, 1.54) is 6.33 Å². The van der Waals surface area contributed by atoms with E-state index in [0.29, 0.717) is 37.0 Å². The number of nitrogens with one attached hydrogen (secondary N) is 2. The van der Waals surface area contributed by atoms with Crippen molar-refractivity contribution in [2.45, 2.75) is 13.0 Å². The van der Waals surface area contributed by atoms with Crippen molar-refractivity contribution in [1.82, 2.24) is 30.0 Å². The number of carbonyl (C=O) groups excluding carboxylic acids is 1. The summed E-state index contributed by atoms with van der Waals surface area (Å²) in [4.78, 5) is 26.5. The van der Waals surface area contributed by atoms with Crippen LogP contribution in [0.15, 0.2) is 36.7 Å². The van der Waals surface area contributed by atoms with E-state index in [4.69, 9.17) is 4.74 Å². The van der Waals surface area contributed by atoms with Gasteiger partial charge in [0, 0.05) is 17.8 Å². The lowest BCUT2D eigenvalue weighted by molar-refractivity contribution is -0.0268. The molecule has 1 saturated heterocycles. The number of H-pyrrole nitrogens is 2. The van der Waals surface area contributed by atoms with Crippen molar-refractivity contribution in [2.24, 2.45) is 0 Å². The molecule has 3 heterocycles. The van der Waals surface area contributed by atoms with Crippen LogP contribution in [-0.2, 0) is 4.74 Å². The summed E-state index contributed by atoms with van der Waals surface area (Å²) in [6.07, 6.45) is 1.14. The van der Waals surface area contributed by atoms with Gasteiger partial charge in [0.1, 0.15) is 23.9 Å². The number of benzene rings is 1. The minimum absolute atomic E-state index is 0.108. The Morgan fingerprint density at radius 2 is 2.16 bits per heavy atom. The summed E-state index contributed by atoms with van der Waals surface area (Å²) in [5.74, 6) is 1.21. The van der Waals surface area contributed by atoms with Crippen LogP contribution >= 0.6 is 0 Å². The van der Waals surface area contributed by atoms with Crippen LogP contribution in [0, 0.1) is 6.92 Å². The molecule has 1 aromatic carbocycles. The maximum Gasteiger partial charge on any atom is 0.274 e.